The van der Waals surface area contributed by atoms with Crippen LogP contribution in [0.25, 0.3) is 0 Å². The number of halogens is 2. The van der Waals surface area contributed by atoms with E-state index in [1.165, 1.54) is 0 Å². The number of nitrogens with zero attached hydrogens (tertiary/aromatic N) is 2. The lowest BCUT2D eigenvalue weighted by Gasteiger charge is -2.39. The molecule has 23 heavy (non-hydrogen) atoms. The van der Waals surface area contributed by atoms with Gasteiger partial charge in [-0.2, -0.15) is 0 Å². The molecule has 0 saturated carbocycles. The van der Waals surface area contributed by atoms with Crippen LogP contribution >= 0.6 is 0 Å². The van der Waals surface area contributed by atoms with Crippen molar-refractivity contribution in [2.45, 2.75) is 51.3 Å². The van der Waals surface area contributed by atoms with Gasteiger partial charge in [-0.25, -0.2) is 13.8 Å². The van der Waals surface area contributed by atoms with Crippen molar-refractivity contribution in [3.8, 4) is 0 Å². The summed E-state index contributed by atoms with van der Waals surface area (Å²) >= 11 is -1.19. The number of rotatable bonds is 5. The molecular weight excluding hydrogens is 320 g/mol. The van der Waals surface area contributed by atoms with Gasteiger partial charge in [-0.3, -0.25) is 0 Å². The number of anilines is 1. The lowest BCUT2D eigenvalue weighted by Crippen LogP contribution is -2.56. The van der Waals surface area contributed by atoms with E-state index in [-0.39, 0.29) is 29.8 Å². The fourth-order valence-electron chi connectivity index (χ4n) is 2.32. The lowest BCUT2D eigenvalue weighted by molar-refractivity contribution is -0.0267. The molecular formula is C16H25F2N3OS. The SMILES string of the molecule is CC(C)C(N[S@+]([O-])C(C)(C)C)c1ccc(N2CC(F)(F)C2)nc1. The van der Waals surface area contributed by atoms with Gasteiger partial charge in [0.05, 0.1) is 19.1 Å². The summed E-state index contributed by atoms with van der Waals surface area (Å²) in [7, 11) is 0. The van der Waals surface area contributed by atoms with Gasteiger partial charge in [0.2, 0.25) is 0 Å². The minimum Gasteiger partial charge on any atom is -0.598 e. The van der Waals surface area contributed by atoms with Crippen molar-refractivity contribution in [3.63, 3.8) is 0 Å². The summed E-state index contributed by atoms with van der Waals surface area (Å²) in [6.45, 7) is 9.28. The van der Waals surface area contributed by atoms with Crippen LogP contribution in [0.15, 0.2) is 18.3 Å². The molecule has 2 rings (SSSR count). The third-order valence-electron chi connectivity index (χ3n) is 3.76. The first-order valence-corrected chi connectivity index (χ1v) is 8.91. The van der Waals surface area contributed by atoms with Crippen molar-refractivity contribution >= 4 is 17.2 Å². The molecule has 1 aliphatic heterocycles. The largest absolute Gasteiger partial charge is 0.598 e. The number of pyridine rings is 1. The van der Waals surface area contributed by atoms with E-state index in [1.807, 2.05) is 40.7 Å². The average Bonchev–Trinajstić information content (AvgIpc) is 2.40. The first-order valence-electron chi connectivity index (χ1n) is 7.76. The Hall–Kier alpha value is -0.920. The summed E-state index contributed by atoms with van der Waals surface area (Å²) in [6, 6.07) is 3.52. The van der Waals surface area contributed by atoms with Crippen molar-refractivity contribution in [1.82, 2.24) is 9.71 Å². The zero-order valence-electron chi connectivity index (χ0n) is 14.3. The number of nitrogens with one attached hydrogen (secondary N) is 1. The van der Waals surface area contributed by atoms with Crippen LogP contribution in [0.3, 0.4) is 0 Å². The molecule has 0 aliphatic carbocycles. The first-order chi connectivity index (χ1) is 10.5. The zero-order valence-corrected chi connectivity index (χ0v) is 15.1. The molecule has 1 saturated heterocycles. The molecule has 2 atom stereocenters. The second-order valence-electron chi connectivity index (χ2n) is 7.38. The Morgan fingerprint density at radius 1 is 1.30 bits per heavy atom. The predicted octanol–water partition coefficient (Wildman–Crippen LogP) is 3.29. The van der Waals surface area contributed by atoms with Crippen LogP contribution in [0.4, 0.5) is 14.6 Å². The molecule has 1 aliphatic rings. The maximum atomic E-state index is 12.9. The Morgan fingerprint density at radius 3 is 2.30 bits per heavy atom. The number of aromatic nitrogens is 1. The quantitative estimate of drug-likeness (QED) is 0.832. The maximum absolute atomic E-state index is 12.9. The second kappa shape index (κ2) is 6.53. The Balaban J connectivity index is 2.08. The van der Waals surface area contributed by atoms with Gasteiger partial charge in [0, 0.05) is 17.6 Å². The lowest BCUT2D eigenvalue weighted by atomic mass is 9.98. The standard InChI is InChI=1S/C16H25F2N3OS/c1-11(2)14(20-23(22)15(3,4)5)12-6-7-13(19-8-12)21-9-16(17,18)10-21/h6-8,11,14,20H,9-10H2,1-5H3/t14?,23-/m1/s1. The molecule has 0 aromatic carbocycles. The normalized spacial score (nSPS) is 20.3. The minimum atomic E-state index is -2.61. The molecule has 1 unspecified atom stereocenters. The molecule has 0 amide bonds. The van der Waals surface area contributed by atoms with Gasteiger partial charge in [0.15, 0.2) is 0 Å². The van der Waals surface area contributed by atoms with Gasteiger partial charge in [0.1, 0.15) is 10.6 Å². The van der Waals surface area contributed by atoms with Crippen LogP contribution in [0.1, 0.15) is 46.2 Å². The van der Waals surface area contributed by atoms with E-state index in [0.29, 0.717) is 5.82 Å². The fourth-order valence-corrected chi connectivity index (χ4v) is 3.32. The van der Waals surface area contributed by atoms with Crippen molar-refractivity contribution < 1.29 is 13.3 Å². The third-order valence-corrected chi connectivity index (χ3v) is 5.34. The average molecular weight is 345 g/mol. The summed E-state index contributed by atoms with van der Waals surface area (Å²) in [4.78, 5) is 5.84. The third kappa shape index (κ3) is 4.55. The highest BCUT2D eigenvalue weighted by atomic mass is 32.2. The van der Waals surface area contributed by atoms with Gasteiger partial charge in [0.25, 0.3) is 5.92 Å². The number of hydrogen-bond acceptors (Lipinski definition) is 4. The molecule has 130 valence electrons. The molecule has 4 nitrogen and oxygen atoms in total. The zero-order chi connectivity index (χ0) is 17.4. The van der Waals surface area contributed by atoms with E-state index < -0.39 is 17.3 Å². The van der Waals surface area contributed by atoms with Crippen molar-refractivity contribution in [2.75, 3.05) is 18.0 Å². The van der Waals surface area contributed by atoms with Crippen LogP contribution in [-0.4, -0.2) is 33.3 Å². The highest BCUT2D eigenvalue weighted by molar-refractivity contribution is 7.90. The van der Waals surface area contributed by atoms with E-state index >= 15 is 0 Å². The molecule has 0 spiro atoms. The Kier molecular flexibility index (Phi) is 5.23. The fraction of sp³-hybridized carbons (Fsp3) is 0.688. The predicted molar refractivity (Wildman–Crippen MR) is 90.0 cm³/mol. The van der Waals surface area contributed by atoms with Crippen LogP contribution in [0, 0.1) is 5.92 Å². The first kappa shape index (κ1) is 18.4. The summed E-state index contributed by atoms with van der Waals surface area (Å²) in [5.41, 5.74) is 0.911. The van der Waals surface area contributed by atoms with Crippen molar-refractivity contribution in [2.24, 2.45) is 5.92 Å². The van der Waals surface area contributed by atoms with Gasteiger partial charge in [-0.1, -0.05) is 19.9 Å². The molecule has 7 heteroatoms. The van der Waals surface area contributed by atoms with Crippen LogP contribution in [0.2, 0.25) is 0 Å². The van der Waals surface area contributed by atoms with Crippen LogP contribution in [0.5, 0.6) is 0 Å². The van der Waals surface area contributed by atoms with Crippen LogP contribution in [-0.2, 0) is 11.4 Å². The van der Waals surface area contributed by atoms with E-state index in [9.17, 15) is 13.3 Å². The Bertz CT molecular complexity index is 523. The highest BCUT2D eigenvalue weighted by Gasteiger charge is 2.44. The molecule has 1 N–H and O–H groups in total. The Morgan fingerprint density at radius 2 is 1.91 bits per heavy atom. The summed E-state index contributed by atoms with van der Waals surface area (Å²) in [5, 5.41) is 0. The number of alkyl halides is 2. The molecule has 1 aromatic heterocycles. The van der Waals surface area contributed by atoms with E-state index in [0.717, 1.165) is 5.56 Å². The summed E-state index contributed by atoms with van der Waals surface area (Å²) < 4.78 is 41.0. The van der Waals surface area contributed by atoms with Gasteiger partial charge in [-0.05, 0) is 38.3 Å². The van der Waals surface area contributed by atoms with Gasteiger partial charge in [-0.15, -0.1) is 4.72 Å². The second-order valence-corrected chi connectivity index (χ2v) is 9.38. The monoisotopic (exact) mass is 345 g/mol. The summed E-state index contributed by atoms with van der Waals surface area (Å²) in [6.07, 6.45) is 1.68. The van der Waals surface area contributed by atoms with E-state index in [1.54, 1.807) is 17.2 Å². The van der Waals surface area contributed by atoms with Gasteiger partial charge < -0.3 is 9.45 Å². The molecule has 0 radical (unpaired) electrons. The molecule has 0 bridgehead atoms. The number of hydrogen-bond donors (Lipinski definition) is 1. The van der Waals surface area contributed by atoms with Crippen LogP contribution < -0.4 is 9.62 Å². The van der Waals surface area contributed by atoms with E-state index in [2.05, 4.69) is 9.71 Å². The van der Waals surface area contributed by atoms with E-state index in [4.69, 9.17) is 0 Å². The maximum Gasteiger partial charge on any atom is 0.282 e. The van der Waals surface area contributed by atoms with Gasteiger partial charge >= 0.3 is 0 Å². The van der Waals surface area contributed by atoms with Crippen molar-refractivity contribution in [3.05, 3.63) is 23.9 Å². The topological polar surface area (TPSA) is 51.2 Å². The minimum absolute atomic E-state index is 0.102. The van der Waals surface area contributed by atoms with Crippen molar-refractivity contribution in [1.29, 1.82) is 0 Å². The molecule has 1 fully saturated rings. The smallest absolute Gasteiger partial charge is 0.282 e. The summed E-state index contributed by atoms with van der Waals surface area (Å²) in [5.74, 6) is -1.83. The molecule has 1 aromatic rings. The molecule has 2 heterocycles. The highest BCUT2D eigenvalue weighted by Crippen LogP contribution is 2.32. The Labute approximate surface area is 140 Å².